The quantitative estimate of drug-likeness (QED) is 0.181. The Morgan fingerprint density at radius 2 is 0.769 bits per heavy atom. The topological polar surface area (TPSA) is 33.6 Å². The van der Waals surface area contributed by atoms with E-state index in [0.29, 0.717) is 5.56 Å². The van der Waals surface area contributed by atoms with Crippen molar-refractivity contribution in [3.05, 3.63) is 194 Å². The highest BCUT2D eigenvalue weighted by Crippen LogP contribution is 2.38. The summed E-state index contributed by atoms with van der Waals surface area (Å²) in [5, 5.41) is 14.4. The van der Waals surface area contributed by atoms with Crippen molar-refractivity contribution in [3.8, 4) is 50.8 Å². The molecule has 0 unspecified atom stereocenters. The van der Waals surface area contributed by atoms with E-state index in [0.717, 1.165) is 22.4 Å². The van der Waals surface area contributed by atoms with Crippen LogP contribution >= 0.6 is 0 Å². The molecule has 2 aromatic heterocycles. The maximum Gasteiger partial charge on any atom is 0.0992 e. The first kappa shape index (κ1) is 29.7. The minimum Gasteiger partial charge on any atom is -0.309 e. The van der Waals surface area contributed by atoms with Gasteiger partial charge in [-0.25, -0.2) is 0 Å². The van der Waals surface area contributed by atoms with Gasteiger partial charge in [-0.05, 0) is 106 Å². The van der Waals surface area contributed by atoms with Gasteiger partial charge in [0.1, 0.15) is 0 Å². The van der Waals surface area contributed by atoms with Crippen LogP contribution in [0.5, 0.6) is 0 Å². The number of aromatic nitrogens is 2. The van der Waals surface area contributed by atoms with Gasteiger partial charge >= 0.3 is 0 Å². The zero-order valence-corrected chi connectivity index (χ0v) is 28.2. The maximum absolute atomic E-state index is 9.59. The predicted octanol–water partition coefficient (Wildman–Crippen LogP) is 12.8. The lowest BCUT2D eigenvalue weighted by atomic mass is 9.99. The summed E-state index contributed by atoms with van der Waals surface area (Å²) in [7, 11) is 0. The van der Waals surface area contributed by atoms with Gasteiger partial charge in [0.25, 0.3) is 0 Å². The van der Waals surface area contributed by atoms with Crippen LogP contribution in [0.2, 0.25) is 0 Å². The van der Waals surface area contributed by atoms with Gasteiger partial charge in [-0.3, -0.25) is 0 Å². The van der Waals surface area contributed by atoms with Crippen LogP contribution in [0.1, 0.15) is 5.56 Å². The molecule has 0 atom stereocenters. The molecule has 0 bridgehead atoms. The molecule has 0 saturated heterocycles. The summed E-state index contributed by atoms with van der Waals surface area (Å²) in [4.78, 5) is 0. The number of fused-ring (bicyclic) bond motifs is 6. The third kappa shape index (κ3) is 4.81. The maximum atomic E-state index is 9.59. The van der Waals surface area contributed by atoms with Crippen molar-refractivity contribution < 1.29 is 0 Å². The molecule has 3 heteroatoms. The fourth-order valence-corrected chi connectivity index (χ4v) is 7.89. The Labute approximate surface area is 301 Å². The van der Waals surface area contributed by atoms with Gasteiger partial charge in [0, 0.05) is 32.9 Å². The fraction of sp³-hybridized carbons (Fsp3) is 0. The summed E-state index contributed by atoms with van der Waals surface area (Å²) in [5.74, 6) is 0. The van der Waals surface area contributed by atoms with E-state index in [1.807, 2.05) is 18.2 Å². The van der Waals surface area contributed by atoms with Crippen LogP contribution in [0.15, 0.2) is 188 Å². The van der Waals surface area contributed by atoms with Gasteiger partial charge in [0.2, 0.25) is 0 Å². The molecular weight excluding hydrogens is 631 g/mol. The zero-order valence-electron chi connectivity index (χ0n) is 28.2. The lowest BCUT2D eigenvalue weighted by molar-refractivity contribution is 1.18. The monoisotopic (exact) mass is 661 g/mol. The van der Waals surface area contributed by atoms with Crippen LogP contribution in [0.25, 0.3) is 88.4 Å². The van der Waals surface area contributed by atoms with Crippen molar-refractivity contribution in [1.29, 1.82) is 5.26 Å². The van der Waals surface area contributed by atoms with Gasteiger partial charge in [0.05, 0.1) is 33.7 Å². The third-order valence-corrected chi connectivity index (χ3v) is 10.3. The summed E-state index contributed by atoms with van der Waals surface area (Å²) in [6, 6.07) is 69.2. The fourth-order valence-electron chi connectivity index (χ4n) is 7.89. The highest BCUT2D eigenvalue weighted by atomic mass is 15.0. The minimum absolute atomic E-state index is 0.650. The average molecular weight is 662 g/mol. The Morgan fingerprint density at radius 3 is 1.38 bits per heavy atom. The Hall–Kier alpha value is -7.15. The first-order valence-electron chi connectivity index (χ1n) is 17.6. The number of hydrogen-bond acceptors (Lipinski definition) is 1. The molecule has 0 N–H and O–H groups in total. The van der Waals surface area contributed by atoms with Crippen molar-refractivity contribution in [1.82, 2.24) is 9.13 Å². The Bertz CT molecular complexity index is 3010. The van der Waals surface area contributed by atoms with E-state index in [-0.39, 0.29) is 0 Å². The molecule has 3 nitrogen and oxygen atoms in total. The van der Waals surface area contributed by atoms with Gasteiger partial charge in [-0.1, -0.05) is 115 Å². The summed E-state index contributed by atoms with van der Waals surface area (Å²) in [5.41, 5.74) is 14.6. The number of para-hydroxylation sites is 2. The van der Waals surface area contributed by atoms with Gasteiger partial charge in [-0.15, -0.1) is 0 Å². The molecule has 0 fully saturated rings. The van der Waals surface area contributed by atoms with Crippen LogP contribution < -0.4 is 0 Å². The Balaban J connectivity index is 1.07. The number of rotatable bonds is 5. The van der Waals surface area contributed by atoms with E-state index < -0.39 is 0 Å². The first-order chi connectivity index (χ1) is 25.7. The second kappa shape index (κ2) is 12.0. The van der Waals surface area contributed by atoms with E-state index in [2.05, 4.69) is 185 Å². The molecule has 0 aliphatic carbocycles. The normalized spacial score (nSPS) is 11.4. The molecule has 0 spiro atoms. The van der Waals surface area contributed by atoms with Crippen molar-refractivity contribution >= 4 is 43.6 Å². The SMILES string of the molecule is N#Cc1cccc(-n2c3ccccc3c3cc(-c4ccc5c(c4)c4ccccc4n5-c4ccc(-c5cccc(-c6ccccc6)c5)cc4)ccc32)c1. The van der Waals surface area contributed by atoms with E-state index in [1.54, 1.807) is 0 Å². The molecule has 0 aliphatic heterocycles. The highest BCUT2D eigenvalue weighted by Gasteiger charge is 2.16. The smallest absolute Gasteiger partial charge is 0.0992 e. The van der Waals surface area contributed by atoms with Gasteiger partial charge < -0.3 is 9.13 Å². The van der Waals surface area contributed by atoms with Gasteiger partial charge in [0.15, 0.2) is 0 Å². The molecule has 242 valence electrons. The number of hydrogen-bond donors (Lipinski definition) is 0. The van der Waals surface area contributed by atoms with Gasteiger partial charge in [-0.2, -0.15) is 5.26 Å². The van der Waals surface area contributed by atoms with Crippen LogP contribution in [-0.4, -0.2) is 9.13 Å². The van der Waals surface area contributed by atoms with Crippen LogP contribution in [0.4, 0.5) is 0 Å². The molecule has 0 aliphatic rings. The molecule has 2 heterocycles. The molecule has 10 aromatic rings. The molecule has 52 heavy (non-hydrogen) atoms. The minimum atomic E-state index is 0.650. The number of benzene rings is 8. The van der Waals surface area contributed by atoms with E-state index in [9.17, 15) is 5.26 Å². The second-order valence-corrected chi connectivity index (χ2v) is 13.3. The first-order valence-corrected chi connectivity index (χ1v) is 17.6. The summed E-state index contributed by atoms with van der Waals surface area (Å²) >= 11 is 0. The van der Waals surface area contributed by atoms with E-state index in [4.69, 9.17) is 0 Å². The van der Waals surface area contributed by atoms with E-state index >= 15 is 0 Å². The lowest BCUT2D eigenvalue weighted by Crippen LogP contribution is -1.94. The largest absolute Gasteiger partial charge is 0.309 e. The molecule has 10 rings (SSSR count). The highest BCUT2D eigenvalue weighted by molar-refractivity contribution is 6.12. The lowest BCUT2D eigenvalue weighted by Gasteiger charge is -2.11. The third-order valence-electron chi connectivity index (χ3n) is 10.3. The average Bonchev–Trinajstić information content (AvgIpc) is 3.73. The summed E-state index contributed by atoms with van der Waals surface area (Å²) in [6.07, 6.45) is 0. The summed E-state index contributed by atoms with van der Waals surface area (Å²) < 4.78 is 4.64. The summed E-state index contributed by atoms with van der Waals surface area (Å²) in [6.45, 7) is 0. The van der Waals surface area contributed by atoms with Crippen molar-refractivity contribution in [3.63, 3.8) is 0 Å². The molecular formula is C49H31N3. The molecule has 0 saturated carbocycles. The van der Waals surface area contributed by atoms with Crippen molar-refractivity contribution in [2.45, 2.75) is 0 Å². The molecule has 8 aromatic carbocycles. The Kier molecular flexibility index (Phi) is 6.87. The zero-order chi connectivity index (χ0) is 34.6. The standard InChI is InChI=1S/C49H31N3/c50-32-33-10-8-15-41(28-33)52-47-19-7-5-17-43(47)45-31-39(23-27-49(45)52)38-22-26-48-44(30-38)42-16-4-6-18-46(42)51(48)40-24-20-35(21-25-40)37-14-9-13-36(29-37)34-11-2-1-3-12-34/h1-31H. The van der Waals surface area contributed by atoms with Crippen molar-refractivity contribution in [2.24, 2.45) is 0 Å². The molecule has 0 amide bonds. The predicted molar refractivity (Wildman–Crippen MR) is 216 cm³/mol. The van der Waals surface area contributed by atoms with Crippen LogP contribution in [-0.2, 0) is 0 Å². The second-order valence-electron chi connectivity index (χ2n) is 13.3. The molecule has 0 radical (unpaired) electrons. The number of nitrogens with zero attached hydrogens (tertiary/aromatic N) is 3. The van der Waals surface area contributed by atoms with Crippen molar-refractivity contribution in [2.75, 3.05) is 0 Å². The Morgan fingerprint density at radius 1 is 0.308 bits per heavy atom. The number of nitriles is 1. The van der Waals surface area contributed by atoms with Crippen LogP contribution in [0.3, 0.4) is 0 Å². The van der Waals surface area contributed by atoms with Crippen LogP contribution in [0, 0.1) is 11.3 Å². The van der Waals surface area contributed by atoms with E-state index in [1.165, 1.54) is 66.0 Å².